The number of carboxylic acid groups (broad SMARTS) is 1. The number of carbonyl (C=O) groups excluding carboxylic acids is 2. The molecule has 0 bridgehead atoms. The highest BCUT2D eigenvalue weighted by Gasteiger charge is 2.30. The lowest BCUT2D eigenvalue weighted by Crippen LogP contribution is -2.47. The molecular formula is C26H32N2O5. The summed E-state index contributed by atoms with van der Waals surface area (Å²) in [6.07, 6.45) is -0.117. The Bertz CT molecular complexity index is 985. The van der Waals surface area contributed by atoms with Crippen LogP contribution in [0.4, 0.5) is 4.79 Å². The summed E-state index contributed by atoms with van der Waals surface area (Å²) in [5.74, 6) is -1.67. The standard InChI is InChI=1S/C26H32N2O5/c1-16(2)23(24(30)31)27-22(29)13-14-26(3,4)28-25(32)33-15-21-19-11-7-5-9-17(19)18-10-6-8-12-20(18)21/h5-12,16,21,23H,13-15H2,1-4H3,(H,27,29)(H,28,32)(H,30,31)/t23-/m1/s1. The van der Waals surface area contributed by atoms with Gasteiger partial charge < -0.3 is 20.5 Å². The number of alkyl carbamates (subject to hydrolysis) is 1. The molecule has 2 aromatic rings. The second-order valence-corrected chi connectivity index (χ2v) is 9.46. The normalized spacial score (nSPS) is 13.7. The first-order valence-corrected chi connectivity index (χ1v) is 11.2. The van der Waals surface area contributed by atoms with E-state index in [-0.39, 0.29) is 30.8 Å². The molecule has 0 radical (unpaired) electrons. The Balaban J connectivity index is 1.53. The fourth-order valence-corrected chi connectivity index (χ4v) is 4.16. The molecule has 0 heterocycles. The smallest absolute Gasteiger partial charge is 0.407 e. The fourth-order valence-electron chi connectivity index (χ4n) is 4.16. The molecule has 0 unspecified atom stereocenters. The number of fused-ring (bicyclic) bond motifs is 3. The maximum absolute atomic E-state index is 12.5. The first-order chi connectivity index (χ1) is 15.6. The number of aliphatic carboxylic acids is 1. The van der Waals surface area contributed by atoms with Gasteiger partial charge in [0.2, 0.25) is 5.91 Å². The number of ether oxygens (including phenoxy) is 1. The average molecular weight is 453 g/mol. The van der Waals surface area contributed by atoms with Crippen molar-refractivity contribution in [3.63, 3.8) is 0 Å². The van der Waals surface area contributed by atoms with Crippen LogP contribution in [0.15, 0.2) is 48.5 Å². The van der Waals surface area contributed by atoms with Crippen molar-refractivity contribution < 1.29 is 24.2 Å². The Kier molecular flexibility index (Phi) is 7.41. The summed E-state index contributed by atoms with van der Waals surface area (Å²) in [6, 6.07) is 15.3. The van der Waals surface area contributed by atoms with Gasteiger partial charge in [-0.15, -0.1) is 0 Å². The van der Waals surface area contributed by atoms with Crippen molar-refractivity contribution in [3.05, 3.63) is 59.7 Å². The molecule has 7 nitrogen and oxygen atoms in total. The Labute approximate surface area is 194 Å². The molecule has 176 valence electrons. The maximum atomic E-state index is 12.5. The van der Waals surface area contributed by atoms with Crippen molar-refractivity contribution in [1.29, 1.82) is 0 Å². The summed E-state index contributed by atoms with van der Waals surface area (Å²) in [7, 11) is 0. The van der Waals surface area contributed by atoms with E-state index >= 15 is 0 Å². The van der Waals surface area contributed by atoms with E-state index in [1.807, 2.05) is 24.3 Å². The minimum atomic E-state index is -1.06. The van der Waals surface area contributed by atoms with Gasteiger partial charge in [-0.05, 0) is 48.4 Å². The zero-order valence-electron chi connectivity index (χ0n) is 19.6. The quantitative estimate of drug-likeness (QED) is 0.526. The van der Waals surface area contributed by atoms with Crippen LogP contribution in [-0.2, 0) is 14.3 Å². The highest BCUT2D eigenvalue weighted by Crippen LogP contribution is 2.44. The van der Waals surface area contributed by atoms with Gasteiger partial charge in [-0.25, -0.2) is 9.59 Å². The molecule has 3 N–H and O–H groups in total. The third-order valence-corrected chi connectivity index (χ3v) is 6.01. The van der Waals surface area contributed by atoms with Gasteiger partial charge in [0.05, 0.1) is 0 Å². The van der Waals surface area contributed by atoms with Gasteiger partial charge in [-0.3, -0.25) is 4.79 Å². The van der Waals surface area contributed by atoms with Crippen molar-refractivity contribution in [2.24, 2.45) is 5.92 Å². The maximum Gasteiger partial charge on any atom is 0.407 e. The van der Waals surface area contributed by atoms with Crippen LogP contribution < -0.4 is 10.6 Å². The predicted octanol–water partition coefficient (Wildman–Crippen LogP) is 4.31. The minimum Gasteiger partial charge on any atom is -0.480 e. The van der Waals surface area contributed by atoms with Gasteiger partial charge in [0.25, 0.3) is 0 Å². The van der Waals surface area contributed by atoms with Gasteiger partial charge in [-0.2, -0.15) is 0 Å². The predicted molar refractivity (Wildman–Crippen MR) is 126 cm³/mol. The molecule has 2 amide bonds. The first kappa shape index (κ1) is 24.3. The largest absolute Gasteiger partial charge is 0.480 e. The summed E-state index contributed by atoms with van der Waals surface area (Å²) in [5, 5.41) is 14.6. The van der Waals surface area contributed by atoms with Gasteiger partial charge in [0, 0.05) is 17.9 Å². The summed E-state index contributed by atoms with van der Waals surface area (Å²) in [6.45, 7) is 7.30. The third kappa shape index (κ3) is 5.92. The summed E-state index contributed by atoms with van der Waals surface area (Å²) in [4.78, 5) is 36.0. The Hall–Kier alpha value is -3.35. The highest BCUT2D eigenvalue weighted by molar-refractivity contribution is 5.84. The first-order valence-electron chi connectivity index (χ1n) is 11.2. The fraction of sp³-hybridized carbons (Fsp3) is 0.423. The number of hydrogen-bond donors (Lipinski definition) is 3. The van der Waals surface area contributed by atoms with Gasteiger partial charge >= 0.3 is 12.1 Å². The van der Waals surface area contributed by atoms with E-state index in [0.717, 1.165) is 22.3 Å². The molecule has 1 aliphatic carbocycles. The molecule has 2 aromatic carbocycles. The minimum absolute atomic E-state index is 0.0268. The van der Waals surface area contributed by atoms with Crippen molar-refractivity contribution >= 4 is 18.0 Å². The molecule has 0 fully saturated rings. The number of carboxylic acids is 1. The SMILES string of the molecule is CC(C)[C@@H](NC(=O)CCC(C)(C)NC(=O)OCC1c2ccccc2-c2ccccc21)C(=O)O. The molecule has 1 atom stereocenters. The molecule has 0 aliphatic heterocycles. The van der Waals surface area contributed by atoms with E-state index < -0.39 is 23.6 Å². The Morgan fingerprint density at radius 1 is 1.00 bits per heavy atom. The molecular weight excluding hydrogens is 420 g/mol. The van der Waals surface area contributed by atoms with Gasteiger partial charge in [-0.1, -0.05) is 62.4 Å². The zero-order valence-corrected chi connectivity index (χ0v) is 19.6. The van der Waals surface area contributed by atoms with E-state index in [0.29, 0.717) is 6.42 Å². The lowest BCUT2D eigenvalue weighted by molar-refractivity contribution is -0.143. The number of carbonyl (C=O) groups is 3. The summed E-state index contributed by atoms with van der Waals surface area (Å²) < 4.78 is 5.58. The molecule has 0 aromatic heterocycles. The number of benzene rings is 2. The van der Waals surface area contributed by atoms with Crippen molar-refractivity contribution in [2.75, 3.05) is 6.61 Å². The van der Waals surface area contributed by atoms with Crippen LogP contribution in [0.5, 0.6) is 0 Å². The lowest BCUT2D eigenvalue weighted by atomic mass is 9.97. The third-order valence-electron chi connectivity index (χ3n) is 6.01. The van der Waals surface area contributed by atoms with Gasteiger partial charge in [0.1, 0.15) is 12.6 Å². The van der Waals surface area contributed by atoms with Crippen molar-refractivity contribution in [3.8, 4) is 11.1 Å². The lowest BCUT2D eigenvalue weighted by Gasteiger charge is -2.26. The van der Waals surface area contributed by atoms with E-state index in [4.69, 9.17) is 4.74 Å². The topological polar surface area (TPSA) is 105 Å². The van der Waals surface area contributed by atoms with Crippen LogP contribution in [0, 0.1) is 5.92 Å². The number of rotatable bonds is 9. The summed E-state index contributed by atoms with van der Waals surface area (Å²) >= 11 is 0. The molecule has 0 saturated carbocycles. The van der Waals surface area contributed by atoms with Crippen LogP contribution in [0.1, 0.15) is 57.6 Å². The molecule has 1 aliphatic rings. The van der Waals surface area contributed by atoms with E-state index in [2.05, 4.69) is 34.9 Å². The van der Waals surface area contributed by atoms with Crippen LogP contribution in [0.25, 0.3) is 11.1 Å². The molecule has 0 saturated heterocycles. The van der Waals surface area contributed by atoms with E-state index in [9.17, 15) is 19.5 Å². The number of nitrogens with one attached hydrogen (secondary N) is 2. The Morgan fingerprint density at radius 2 is 1.55 bits per heavy atom. The monoisotopic (exact) mass is 452 g/mol. The van der Waals surface area contributed by atoms with Crippen LogP contribution in [0.2, 0.25) is 0 Å². The molecule has 3 rings (SSSR count). The van der Waals surface area contributed by atoms with Crippen molar-refractivity contribution in [2.45, 2.75) is 58.0 Å². The molecule has 7 heteroatoms. The van der Waals surface area contributed by atoms with E-state index in [1.165, 1.54) is 0 Å². The Morgan fingerprint density at radius 3 is 2.06 bits per heavy atom. The van der Waals surface area contributed by atoms with E-state index in [1.54, 1.807) is 27.7 Å². The van der Waals surface area contributed by atoms with Gasteiger partial charge in [0.15, 0.2) is 0 Å². The average Bonchev–Trinajstić information content (AvgIpc) is 3.08. The van der Waals surface area contributed by atoms with Crippen molar-refractivity contribution in [1.82, 2.24) is 10.6 Å². The van der Waals surface area contributed by atoms with Crippen LogP contribution >= 0.6 is 0 Å². The van der Waals surface area contributed by atoms with Crippen LogP contribution in [-0.4, -0.2) is 41.3 Å². The molecule has 0 spiro atoms. The zero-order chi connectivity index (χ0) is 24.2. The number of amides is 2. The molecule has 33 heavy (non-hydrogen) atoms. The summed E-state index contributed by atoms with van der Waals surface area (Å²) in [5.41, 5.74) is 3.90. The number of hydrogen-bond acceptors (Lipinski definition) is 4. The second kappa shape index (κ2) is 10.1. The van der Waals surface area contributed by atoms with Crippen LogP contribution in [0.3, 0.4) is 0 Å². The highest BCUT2D eigenvalue weighted by atomic mass is 16.5. The second-order valence-electron chi connectivity index (χ2n) is 9.46.